The predicted octanol–water partition coefficient (Wildman–Crippen LogP) is 4.85. The second-order valence-corrected chi connectivity index (χ2v) is 8.72. The normalized spacial score (nSPS) is 32.4. The third-order valence-electron chi connectivity index (χ3n) is 6.50. The van der Waals surface area contributed by atoms with Crippen molar-refractivity contribution >= 4 is 5.91 Å². The molecule has 2 N–H and O–H groups in total. The standard InChI is InChI=1S/C24H29NO3/c1-16-11-12-20-21(13-16)28-22(18-9-6-10-19(26)14-18)15-24(20,2)25-23(27)17-7-4-3-5-8-17/h3-10,14,16,20-22,26H,11-13,15H2,1-2H3,(H,25,27)/t16-,20-,21-,22-,24-/m1/s1. The lowest BCUT2D eigenvalue weighted by molar-refractivity contribution is -0.144. The molecule has 2 fully saturated rings. The van der Waals surface area contributed by atoms with Crippen molar-refractivity contribution in [3.05, 3.63) is 65.7 Å². The highest BCUT2D eigenvalue weighted by molar-refractivity contribution is 5.94. The summed E-state index contributed by atoms with van der Waals surface area (Å²) in [6, 6.07) is 16.7. The molecule has 4 heteroatoms. The van der Waals surface area contributed by atoms with Crippen LogP contribution in [-0.4, -0.2) is 22.7 Å². The van der Waals surface area contributed by atoms with Crippen molar-refractivity contribution in [1.29, 1.82) is 0 Å². The molecule has 2 aromatic carbocycles. The fraction of sp³-hybridized carbons (Fsp3) is 0.458. The Bertz CT molecular complexity index is 837. The zero-order valence-corrected chi connectivity index (χ0v) is 16.6. The first-order chi connectivity index (χ1) is 13.4. The molecule has 1 amide bonds. The zero-order chi connectivity index (χ0) is 19.7. The largest absolute Gasteiger partial charge is 0.508 e. The van der Waals surface area contributed by atoms with Crippen LogP contribution in [0, 0.1) is 11.8 Å². The van der Waals surface area contributed by atoms with Crippen molar-refractivity contribution in [3.8, 4) is 5.75 Å². The molecule has 0 radical (unpaired) electrons. The summed E-state index contributed by atoms with van der Waals surface area (Å²) in [6.45, 7) is 4.44. The second-order valence-electron chi connectivity index (χ2n) is 8.72. The Hall–Kier alpha value is -2.33. The summed E-state index contributed by atoms with van der Waals surface area (Å²) < 4.78 is 6.52. The van der Waals surface area contributed by atoms with E-state index in [4.69, 9.17) is 4.74 Å². The van der Waals surface area contributed by atoms with Crippen LogP contribution in [0.2, 0.25) is 0 Å². The van der Waals surface area contributed by atoms with Crippen molar-refractivity contribution in [2.24, 2.45) is 11.8 Å². The minimum Gasteiger partial charge on any atom is -0.508 e. The van der Waals surface area contributed by atoms with E-state index in [1.807, 2.05) is 42.5 Å². The van der Waals surface area contributed by atoms with Gasteiger partial charge in [0.05, 0.1) is 12.2 Å². The summed E-state index contributed by atoms with van der Waals surface area (Å²) >= 11 is 0. The highest BCUT2D eigenvalue weighted by Gasteiger charge is 2.49. The number of carbonyl (C=O) groups is 1. The lowest BCUT2D eigenvalue weighted by Crippen LogP contribution is -2.60. The molecule has 5 atom stereocenters. The number of aromatic hydroxyl groups is 1. The second kappa shape index (κ2) is 7.59. The van der Waals surface area contributed by atoms with Crippen LogP contribution in [0.15, 0.2) is 54.6 Å². The molecule has 0 spiro atoms. The number of phenolic OH excluding ortho intramolecular Hbond substituents is 1. The maximum Gasteiger partial charge on any atom is 0.251 e. The molecule has 2 aliphatic rings. The fourth-order valence-electron chi connectivity index (χ4n) is 4.99. The van der Waals surface area contributed by atoms with E-state index in [0.29, 0.717) is 23.8 Å². The fourth-order valence-corrected chi connectivity index (χ4v) is 4.99. The lowest BCUT2D eigenvalue weighted by atomic mass is 9.66. The molecule has 4 nitrogen and oxygen atoms in total. The number of carbonyl (C=O) groups excluding carboxylic acids is 1. The van der Waals surface area contributed by atoms with Gasteiger partial charge >= 0.3 is 0 Å². The van der Waals surface area contributed by atoms with Gasteiger partial charge in [0.1, 0.15) is 5.75 Å². The topological polar surface area (TPSA) is 58.6 Å². The van der Waals surface area contributed by atoms with Crippen molar-refractivity contribution in [1.82, 2.24) is 5.32 Å². The third kappa shape index (κ3) is 3.79. The van der Waals surface area contributed by atoms with E-state index in [2.05, 4.69) is 19.2 Å². The number of ether oxygens (including phenoxy) is 1. The van der Waals surface area contributed by atoms with Crippen molar-refractivity contribution < 1.29 is 14.6 Å². The monoisotopic (exact) mass is 379 g/mol. The Morgan fingerprint density at radius 2 is 1.93 bits per heavy atom. The quantitative estimate of drug-likeness (QED) is 0.802. The first-order valence-electron chi connectivity index (χ1n) is 10.3. The van der Waals surface area contributed by atoms with E-state index in [9.17, 15) is 9.90 Å². The van der Waals surface area contributed by atoms with Crippen LogP contribution in [-0.2, 0) is 4.74 Å². The lowest BCUT2D eigenvalue weighted by Gasteiger charge is -2.52. The smallest absolute Gasteiger partial charge is 0.251 e. The zero-order valence-electron chi connectivity index (χ0n) is 16.6. The van der Waals surface area contributed by atoms with Gasteiger partial charge in [0.25, 0.3) is 5.91 Å². The van der Waals surface area contributed by atoms with Gasteiger partial charge in [-0.1, -0.05) is 43.7 Å². The molecular weight excluding hydrogens is 350 g/mol. The van der Waals surface area contributed by atoms with Crippen molar-refractivity contribution in [3.63, 3.8) is 0 Å². The number of amides is 1. The maximum absolute atomic E-state index is 13.0. The maximum atomic E-state index is 13.0. The van der Waals surface area contributed by atoms with Crippen LogP contribution < -0.4 is 5.32 Å². The summed E-state index contributed by atoms with van der Waals surface area (Å²) in [5.41, 5.74) is 1.30. The summed E-state index contributed by atoms with van der Waals surface area (Å²) in [5.74, 6) is 1.13. The average Bonchev–Trinajstić information content (AvgIpc) is 2.68. The minimum absolute atomic E-state index is 0.0305. The number of hydrogen-bond donors (Lipinski definition) is 2. The van der Waals surface area contributed by atoms with Crippen LogP contribution in [0.4, 0.5) is 0 Å². The average molecular weight is 380 g/mol. The van der Waals surface area contributed by atoms with Crippen molar-refractivity contribution in [2.45, 2.75) is 57.3 Å². The Labute approximate surface area is 166 Å². The molecular formula is C24H29NO3. The van der Waals surface area contributed by atoms with Crippen LogP contribution in [0.5, 0.6) is 5.75 Å². The highest BCUT2D eigenvalue weighted by atomic mass is 16.5. The van der Waals surface area contributed by atoms with E-state index in [-0.39, 0.29) is 29.4 Å². The molecule has 4 rings (SSSR count). The first-order valence-corrected chi connectivity index (χ1v) is 10.3. The highest BCUT2D eigenvalue weighted by Crippen LogP contribution is 2.48. The van der Waals surface area contributed by atoms with Crippen LogP contribution in [0.25, 0.3) is 0 Å². The van der Waals surface area contributed by atoms with Gasteiger partial charge in [0.15, 0.2) is 0 Å². The van der Waals surface area contributed by atoms with Gasteiger partial charge < -0.3 is 15.2 Å². The van der Waals surface area contributed by atoms with Gasteiger partial charge in [-0.05, 0) is 55.5 Å². The molecule has 1 aliphatic heterocycles. The molecule has 28 heavy (non-hydrogen) atoms. The molecule has 1 saturated carbocycles. The molecule has 0 unspecified atom stereocenters. The van der Waals surface area contributed by atoms with E-state index in [0.717, 1.165) is 24.8 Å². The molecule has 0 aromatic heterocycles. The molecule has 148 valence electrons. The molecule has 1 saturated heterocycles. The van der Waals surface area contributed by atoms with Gasteiger partial charge in [0, 0.05) is 23.4 Å². The minimum atomic E-state index is -0.355. The van der Waals surface area contributed by atoms with E-state index in [1.54, 1.807) is 12.1 Å². The number of fused-ring (bicyclic) bond motifs is 1. The predicted molar refractivity (Wildman–Crippen MR) is 109 cm³/mol. The van der Waals surface area contributed by atoms with Gasteiger partial charge in [-0.2, -0.15) is 0 Å². The van der Waals surface area contributed by atoms with Crippen LogP contribution in [0.1, 0.15) is 61.6 Å². The Morgan fingerprint density at radius 1 is 1.14 bits per heavy atom. The number of rotatable bonds is 3. The van der Waals surface area contributed by atoms with E-state index in [1.165, 1.54) is 0 Å². The van der Waals surface area contributed by atoms with Crippen molar-refractivity contribution in [2.75, 3.05) is 0 Å². The molecule has 0 bridgehead atoms. The summed E-state index contributed by atoms with van der Waals surface area (Å²) in [4.78, 5) is 13.0. The van der Waals surface area contributed by atoms with Gasteiger partial charge in [-0.25, -0.2) is 0 Å². The third-order valence-corrected chi connectivity index (χ3v) is 6.50. The number of nitrogens with one attached hydrogen (secondary N) is 1. The number of phenols is 1. The summed E-state index contributed by atoms with van der Waals surface area (Å²) in [6.07, 6.45) is 3.91. The number of hydrogen-bond acceptors (Lipinski definition) is 3. The molecule has 1 aliphatic carbocycles. The van der Waals surface area contributed by atoms with Gasteiger partial charge in [0.2, 0.25) is 0 Å². The Balaban J connectivity index is 1.63. The number of benzene rings is 2. The molecule has 2 aromatic rings. The van der Waals surface area contributed by atoms with E-state index < -0.39 is 0 Å². The van der Waals surface area contributed by atoms with Crippen LogP contribution in [0.3, 0.4) is 0 Å². The first kappa shape index (κ1) is 19.0. The SMILES string of the molecule is C[C@@H]1CC[C@@H]2[C@@H](C1)O[C@@H](c1cccc(O)c1)C[C@@]2(C)NC(=O)c1ccccc1. The Morgan fingerprint density at radius 3 is 2.68 bits per heavy atom. The Kier molecular flexibility index (Phi) is 5.15. The van der Waals surface area contributed by atoms with Gasteiger partial charge in [-0.3, -0.25) is 4.79 Å². The van der Waals surface area contributed by atoms with Crippen LogP contribution >= 0.6 is 0 Å². The summed E-state index contributed by atoms with van der Waals surface area (Å²) in [7, 11) is 0. The van der Waals surface area contributed by atoms with E-state index >= 15 is 0 Å². The molecule has 1 heterocycles. The van der Waals surface area contributed by atoms with Gasteiger partial charge in [-0.15, -0.1) is 0 Å². The summed E-state index contributed by atoms with van der Waals surface area (Å²) in [5, 5.41) is 13.3.